The second kappa shape index (κ2) is 6.03. The molecule has 2 heterocycles. The maximum Gasteiger partial charge on any atom is 0.180 e. The summed E-state index contributed by atoms with van der Waals surface area (Å²) in [5, 5.41) is 0.663. The van der Waals surface area contributed by atoms with Gasteiger partial charge in [-0.05, 0) is 31.7 Å². The van der Waals surface area contributed by atoms with Gasteiger partial charge < -0.3 is 15.5 Å². The first kappa shape index (κ1) is 14.4. The van der Waals surface area contributed by atoms with Crippen LogP contribution in [0.1, 0.15) is 16.1 Å². The van der Waals surface area contributed by atoms with E-state index in [0.717, 1.165) is 38.3 Å². The van der Waals surface area contributed by atoms with Gasteiger partial charge in [0.2, 0.25) is 0 Å². The van der Waals surface area contributed by atoms with Crippen LogP contribution < -0.4 is 10.6 Å². The van der Waals surface area contributed by atoms with Crippen LogP contribution in [-0.4, -0.2) is 43.1 Å². The molecule has 0 radical (unpaired) electrons. The van der Waals surface area contributed by atoms with Gasteiger partial charge in [-0.2, -0.15) is 0 Å². The zero-order chi connectivity index (χ0) is 14.8. The fourth-order valence-electron chi connectivity index (χ4n) is 2.69. The van der Waals surface area contributed by atoms with E-state index in [9.17, 15) is 0 Å². The van der Waals surface area contributed by atoms with Gasteiger partial charge in [-0.15, -0.1) is 11.3 Å². The van der Waals surface area contributed by atoms with Crippen molar-refractivity contribution in [2.75, 3.05) is 43.9 Å². The number of nitrogen functional groups attached to an aromatic ring is 1. The van der Waals surface area contributed by atoms with Crippen molar-refractivity contribution in [3.05, 3.63) is 40.4 Å². The lowest BCUT2D eigenvalue weighted by Gasteiger charge is -2.34. The molecule has 0 saturated carbocycles. The quantitative estimate of drug-likeness (QED) is 0.945. The fourth-order valence-corrected chi connectivity index (χ4v) is 3.56. The Kier molecular flexibility index (Phi) is 4.12. The van der Waals surface area contributed by atoms with Gasteiger partial charge in [-0.1, -0.05) is 12.1 Å². The number of nitrogens with zero attached hydrogens (tertiary/aromatic N) is 3. The number of benzene rings is 1. The van der Waals surface area contributed by atoms with Crippen molar-refractivity contribution in [3.63, 3.8) is 0 Å². The predicted molar refractivity (Wildman–Crippen MR) is 90.2 cm³/mol. The van der Waals surface area contributed by atoms with E-state index in [0.29, 0.717) is 5.13 Å². The first-order chi connectivity index (χ1) is 10.1. The summed E-state index contributed by atoms with van der Waals surface area (Å²) in [6.07, 6.45) is 0.920. The normalized spacial score (nSPS) is 16.4. The van der Waals surface area contributed by atoms with Crippen molar-refractivity contribution in [2.24, 2.45) is 0 Å². The van der Waals surface area contributed by atoms with Crippen LogP contribution in [0.25, 0.3) is 0 Å². The van der Waals surface area contributed by atoms with Crippen LogP contribution in [0.5, 0.6) is 0 Å². The topological polar surface area (TPSA) is 45.4 Å². The second-order valence-corrected chi connectivity index (χ2v) is 6.81. The van der Waals surface area contributed by atoms with Gasteiger partial charge in [0.15, 0.2) is 5.13 Å². The smallest absolute Gasteiger partial charge is 0.180 e. The third-order valence-electron chi connectivity index (χ3n) is 4.08. The van der Waals surface area contributed by atoms with E-state index in [-0.39, 0.29) is 0 Å². The molecule has 1 aromatic carbocycles. The van der Waals surface area contributed by atoms with Crippen LogP contribution >= 0.6 is 11.3 Å². The number of likely N-dealkylation sites (N-methyl/N-ethyl adjacent to an activating group) is 1. The minimum atomic E-state index is 0.663. The molecule has 1 fully saturated rings. The summed E-state index contributed by atoms with van der Waals surface area (Å²) in [6.45, 7) is 6.53. The van der Waals surface area contributed by atoms with Crippen LogP contribution in [0.4, 0.5) is 10.8 Å². The van der Waals surface area contributed by atoms with Crippen molar-refractivity contribution in [3.8, 4) is 0 Å². The Morgan fingerprint density at radius 1 is 1.14 bits per heavy atom. The zero-order valence-electron chi connectivity index (χ0n) is 12.7. The molecule has 0 unspecified atom stereocenters. The van der Waals surface area contributed by atoms with Gasteiger partial charge in [-0.3, -0.25) is 0 Å². The van der Waals surface area contributed by atoms with Crippen molar-refractivity contribution in [2.45, 2.75) is 13.3 Å². The van der Waals surface area contributed by atoms with E-state index < -0.39 is 0 Å². The number of nitrogens with two attached hydrogens (primary N) is 1. The largest absolute Gasteiger partial charge is 0.375 e. The average Bonchev–Trinajstić information content (AvgIpc) is 2.79. The summed E-state index contributed by atoms with van der Waals surface area (Å²) < 4.78 is 0. The number of hydrogen-bond acceptors (Lipinski definition) is 5. The molecule has 0 atom stereocenters. The number of hydrogen-bond donors (Lipinski definition) is 1. The summed E-state index contributed by atoms with van der Waals surface area (Å²) in [6, 6.07) is 8.92. The van der Waals surface area contributed by atoms with Crippen molar-refractivity contribution >= 4 is 22.2 Å². The first-order valence-corrected chi connectivity index (χ1v) is 8.17. The van der Waals surface area contributed by atoms with Gasteiger partial charge in [-0.25, -0.2) is 4.98 Å². The van der Waals surface area contributed by atoms with E-state index in [2.05, 4.69) is 46.1 Å². The molecule has 0 amide bonds. The summed E-state index contributed by atoms with van der Waals surface area (Å²) >= 11 is 1.59. The third kappa shape index (κ3) is 3.36. The molecule has 1 aliphatic rings. The second-order valence-electron chi connectivity index (χ2n) is 5.69. The minimum Gasteiger partial charge on any atom is -0.375 e. The highest BCUT2D eigenvalue weighted by atomic mass is 32.1. The molecule has 5 heteroatoms. The lowest BCUT2D eigenvalue weighted by Crippen LogP contribution is -2.44. The SMILES string of the molecule is Cc1nc(N)sc1Cc1ccc(N2CCN(C)CC2)cc1. The molecule has 3 rings (SSSR count). The minimum absolute atomic E-state index is 0.663. The highest BCUT2D eigenvalue weighted by molar-refractivity contribution is 7.15. The molecule has 112 valence electrons. The zero-order valence-corrected chi connectivity index (χ0v) is 13.5. The molecule has 1 aromatic heterocycles. The molecule has 4 nitrogen and oxygen atoms in total. The fraction of sp³-hybridized carbons (Fsp3) is 0.438. The first-order valence-electron chi connectivity index (χ1n) is 7.36. The Morgan fingerprint density at radius 3 is 2.38 bits per heavy atom. The van der Waals surface area contributed by atoms with Crippen LogP contribution in [0.2, 0.25) is 0 Å². The van der Waals surface area contributed by atoms with Crippen molar-refractivity contribution < 1.29 is 0 Å². The van der Waals surface area contributed by atoms with Crippen molar-refractivity contribution in [1.82, 2.24) is 9.88 Å². The molecular weight excluding hydrogens is 280 g/mol. The van der Waals surface area contributed by atoms with Crippen LogP contribution in [0.3, 0.4) is 0 Å². The maximum absolute atomic E-state index is 5.76. The third-order valence-corrected chi connectivity index (χ3v) is 5.07. The monoisotopic (exact) mass is 302 g/mol. The van der Waals surface area contributed by atoms with Crippen LogP contribution in [0.15, 0.2) is 24.3 Å². The maximum atomic E-state index is 5.76. The Morgan fingerprint density at radius 2 is 1.81 bits per heavy atom. The highest BCUT2D eigenvalue weighted by Crippen LogP contribution is 2.24. The van der Waals surface area contributed by atoms with E-state index >= 15 is 0 Å². The standard InChI is InChI=1S/C16H22N4S/c1-12-15(21-16(17)18-12)11-13-3-5-14(6-4-13)20-9-7-19(2)8-10-20/h3-6H,7-11H2,1-2H3,(H2,17,18). The molecule has 0 aliphatic carbocycles. The number of piperazine rings is 1. The molecule has 2 aromatic rings. The number of aromatic nitrogens is 1. The summed E-state index contributed by atoms with van der Waals surface area (Å²) in [5.41, 5.74) is 9.46. The summed E-state index contributed by atoms with van der Waals surface area (Å²) in [4.78, 5) is 10.4. The molecule has 0 bridgehead atoms. The summed E-state index contributed by atoms with van der Waals surface area (Å²) in [7, 11) is 2.18. The van der Waals surface area contributed by atoms with E-state index in [1.54, 1.807) is 11.3 Å². The predicted octanol–water partition coefficient (Wildman–Crippen LogP) is 2.38. The Labute approximate surface area is 130 Å². The number of thiazole rings is 1. The number of aryl methyl sites for hydroxylation is 1. The Bertz CT molecular complexity index is 597. The van der Waals surface area contributed by atoms with E-state index in [1.165, 1.54) is 16.1 Å². The average molecular weight is 302 g/mol. The Balaban J connectivity index is 1.68. The van der Waals surface area contributed by atoms with Gasteiger partial charge in [0.25, 0.3) is 0 Å². The van der Waals surface area contributed by atoms with Crippen molar-refractivity contribution in [1.29, 1.82) is 0 Å². The van der Waals surface area contributed by atoms with Gasteiger partial charge in [0.05, 0.1) is 5.69 Å². The van der Waals surface area contributed by atoms with Gasteiger partial charge in [0.1, 0.15) is 0 Å². The Hall–Kier alpha value is -1.59. The lowest BCUT2D eigenvalue weighted by molar-refractivity contribution is 0.313. The molecule has 2 N–H and O–H groups in total. The molecule has 1 saturated heterocycles. The van der Waals surface area contributed by atoms with Gasteiger partial charge in [0, 0.05) is 43.2 Å². The van der Waals surface area contributed by atoms with Gasteiger partial charge >= 0.3 is 0 Å². The number of rotatable bonds is 3. The van der Waals surface area contributed by atoms with E-state index in [1.807, 2.05) is 6.92 Å². The molecule has 21 heavy (non-hydrogen) atoms. The van der Waals surface area contributed by atoms with Crippen LogP contribution in [-0.2, 0) is 6.42 Å². The summed E-state index contributed by atoms with van der Waals surface area (Å²) in [5.74, 6) is 0. The highest BCUT2D eigenvalue weighted by Gasteiger charge is 2.14. The molecule has 0 spiro atoms. The molecular formula is C16H22N4S. The lowest BCUT2D eigenvalue weighted by atomic mass is 10.1. The number of anilines is 2. The molecule has 1 aliphatic heterocycles. The van der Waals surface area contributed by atoms with Crippen LogP contribution in [0, 0.1) is 6.92 Å². The van der Waals surface area contributed by atoms with E-state index in [4.69, 9.17) is 5.73 Å².